The fourth-order valence-corrected chi connectivity index (χ4v) is 3.54. The Morgan fingerprint density at radius 3 is 2.00 bits per heavy atom. The Kier molecular flexibility index (Phi) is 5.11. The number of nitrogens with two attached hydrogens (primary N) is 1. The highest BCUT2D eigenvalue weighted by Gasteiger charge is 2.37. The van der Waals surface area contributed by atoms with Crippen molar-refractivity contribution in [1.29, 1.82) is 0 Å². The van der Waals surface area contributed by atoms with Crippen LogP contribution >= 0.6 is 0 Å². The van der Waals surface area contributed by atoms with Crippen molar-refractivity contribution in [2.75, 3.05) is 6.54 Å². The molecule has 1 fully saturated rings. The van der Waals surface area contributed by atoms with Crippen molar-refractivity contribution < 1.29 is 5.11 Å². The molecule has 2 heteroatoms. The maximum absolute atomic E-state index is 10.9. The van der Waals surface area contributed by atoms with Gasteiger partial charge in [0.2, 0.25) is 0 Å². The molecule has 0 bridgehead atoms. The van der Waals surface area contributed by atoms with E-state index in [4.69, 9.17) is 5.73 Å². The lowest BCUT2D eigenvalue weighted by Gasteiger charge is -2.37. The number of aliphatic hydroxyl groups excluding tert-OH is 1. The van der Waals surface area contributed by atoms with E-state index in [1.165, 1.54) is 31.2 Å². The van der Waals surface area contributed by atoms with E-state index >= 15 is 0 Å². The van der Waals surface area contributed by atoms with Gasteiger partial charge < -0.3 is 10.8 Å². The Morgan fingerprint density at radius 1 is 1.05 bits per heavy atom. The van der Waals surface area contributed by atoms with Crippen LogP contribution in [-0.4, -0.2) is 11.7 Å². The van der Waals surface area contributed by atoms with Crippen molar-refractivity contribution >= 4 is 0 Å². The molecule has 0 spiro atoms. The molecular weight excluding hydrogens is 258 g/mol. The molecule has 1 aromatic carbocycles. The summed E-state index contributed by atoms with van der Waals surface area (Å²) in [5, 5.41) is 10.9. The summed E-state index contributed by atoms with van der Waals surface area (Å²) in [6.45, 7) is 7.22. The summed E-state index contributed by atoms with van der Waals surface area (Å²) in [6, 6.07) is 8.49. The topological polar surface area (TPSA) is 46.2 Å². The fraction of sp³-hybridized carbons (Fsp3) is 0.684. The van der Waals surface area contributed by atoms with Crippen LogP contribution in [0.1, 0.15) is 76.5 Å². The Morgan fingerprint density at radius 2 is 1.57 bits per heavy atom. The van der Waals surface area contributed by atoms with Gasteiger partial charge in [0, 0.05) is 12.0 Å². The second-order valence-corrected chi connectivity index (χ2v) is 7.76. The lowest BCUT2D eigenvalue weighted by Crippen LogP contribution is -2.36. The van der Waals surface area contributed by atoms with Crippen LogP contribution in [0.15, 0.2) is 24.3 Å². The van der Waals surface area contributed by atoms with Crippen LogP contribution in [0.4, 0.5) is 0 Å². The molecule has 1 aliphatic carbocycles. The van der Waals surface area contributed by atoms with E-state index in [1.54, 1.807) is 0 Å². The van der Waals surface area contributed by atoms with E-state index in [0.29, 0.717) is 6.54 Å². The summed E-state index contributed by atoms with van der Waals surface area (Å²) in [7, 11) is 0. The molecule has 3 N–H and O–H groups in total. The van der Waals surface area contributed by atoms with Gasteiger partial charge in [-0.2, -0.15) is 0 Å². The number of hydrogen-bond acceptors (Lipinski definition) is 2. The number of hydrogen-bond donors (Lipinski definition) is 2. The molecule has 21 heavy (non-hydrogen) atoms. The van der Waals surface area contributed by atoms with Crippen LogP contribution in [0.3, 0.4) is 0 Å². The highest BCUT2D eigenvalue weighted by molar-refractivity contribution is 5.29. The van der Waals surface area contributed by atoms with Crippen molar-refractivity contribution in [2.45, 2.75) is 70.8 Å². The van der Waals surface area contributed by atoms with Crippen molar-refractivity contribution in [3.8, 4) is 0 Å². The zero-order chi connectivity index (χ0) is 15.5. The third kappa shape index (κ3) is 3.67. The van der Waals surface area contributed by atoms with Gasteiger partial charge in [-0.15, -0.1) is 0 Å². The summed E-state index contributed by atoms with van der Waals surface area (Å²) < 4.78 is 0. The second kappa shape index (κ2) is 6.50. The Labute approximate surface area is 129 Å². The molecule has 0 aliphatic heterocycles. The van der Waals surface area contributed by atoms with Gasteiger partial charge in [0.05, 0.1) is 6.10 Å². The molecule has 0 radical (unpaired) electrons. The van der Waals surface area contributed by atoms with Crippen LogP contribution < -0.4 is 5.73 Å². The van der Waals surface area contributed by atoms with Crippen molar-refractivity contribution in [3.05, 3.63) is 35.4 Å². The molecule has 1 saturated carbocycles. The molecule has 0 aromatic heterocycles. The standard InChI is InChI=1S/C19H31NO/c1-18(2,3)16-10-8-15(9-11-16)17(21)19(14-20)12-6-4-5-7-13-19/h8-11,17,21H,4-7,12-14,20H2,1-3H3. The van der Waals surface area contributed by atoms with Crippen molar-refractivity contribution in [2.24, 2.45) is 11.1 Å². The zero-order valence-corrected chi connectivity index (χ0v) is 13.9. The van der Waals surface area contributed by atoms with Gasteiger partial charge in [-0.25, -0.2) is 0 Å². The predicted octanol–water partition coefficient (Wildman–Crippen LogP) is 4.32. The van der Waals surface area contributed by atoms with E-state index in [1.807, 2.05) is 0 Å². The first-order chi connectivity index (χ1) is 9.89. The first kappa shape index (κ1) is 16.5. The zero-order valence-electron chi connectivity index (χ0n) is 13.9. The maximum Gasteiger partial charge on any atom is 0.0858 e. The van der Waals surface area contributed by atoms with Gasteiger partial charge in [0.25, 0.3) is 0 Å². The van der Waals surface area contributed by atoms with Gasteiger partial charge in [-0.1, -0.05) is 70.7 Å². The largest absolute Gasteiger partial charge is 0.388 e. The molecule has 2 rings (SSSR count). The van der Waals surface area contributed by atoms with Crippen LogP contribution in [0.5, 0.6) is 0 Å². The summed E-state index contributed by atoms with van der Waals surface area (Å²) in [6.07, 6.45) is 6.59. The van der Waals surface area contributed by atoms with Crippen molar-refractivity contribution in [1.82, 2.24) is 0 Å². The third-order valence-corrected chi connectivity index (χ3v) is 5.18. The number of benzene rings is 1. The van der Waals surface area contributed by atoms with Crippen LogP contribution in [0.2, 0.25) is 0 Å². The molecule has 1 aromatic rings. The number of rotatable bonds is 3. The first-order valence-corrected chi connectivity index (χ1v) is 8.38. The molecule has 118 valence electrons. The molecule has 0 saturated heterocycles. The van der Waals surface area contributed by atoms with E-state index in [9.17, 15) is 5.11 Å². The summed E-state index contributed by atoms with van der Waals surface area (Å²) in [5.41, 5.74) is 8.44. The highest BCUT2D eigenvalue weighted by atomic mass is 16.3. The Bertz CT molecular complexity index is 436. The maximum atomic E-state index is 10.9. The second-order valence-electron chi connectivity index (χ2n) is 7.76. The molecule has 1 atom stereocenters. The SMILES string of the molecule is CC(C)(C)c1ccc(C(O)C2(CN)CCCCCC2)cc1. The molecule has 0 heterocycles. The highest BCUT2D eigenvalue weighted by Crippen LogP contribution is 2.44. The summed E-state index contributed by atoms with van der Waals surface area (Å²) >= 11 is 0. The van der Waals surface area contributed by atoms with Gasteiger partial charge in [0.1, 0.15) is 0 Å². The van der Waals surface area contributed by atoms with Crippen LogP contribution in [0.25, 0.3) is 0 Å². The van der Waals surface area contributed by atoms with E-state index in [2.05, 4.69) is 45.0 Å². The average molecular weight is 289 g/mol. The van der Waals surface area contributed by atoms with E-state index in [0.717, 1.165) is 18.4 Å². The molecule has 1 unspecified atom stereocenters. The van der Waals surface area contributed by atoms with Crippen LogP contribution in [-0.2, 0) is 5.41 Å². The molecule has 2 nitrogen and oxygen atoms in total. The molecule has 0 amide bonds. The smallest absolute Gasteiger partial charge is 0.0858 e. The minimum atomic E-state index is -0.436. The average Bonchev–Trinajstić information content (AvgIpc) is 2.72. The lowest BCUT2D eigenvalue weighted by molar-refractivity contribution is 0.0166. The summed E-state index contributed by atoms with van der Waals surface area (Å²) in [4.78, 5) is 0. The van der Waals surface area contributed by atoms with Gasteiger partial charge in [0.15, 0.2) is 0 Å². The van der Waals surface area contributed by atoms with E-state index in [-0.39, 0.29) is 10.8 Å². The van der Waals surface area contributed by atoms with Gasteiger partial charge in [-0.3, -0.25) is 0 Å². The molecule has 1 aliphatic rings. The fourth-order valence-electron chi connectivity index (χ4n) is 3.54. The predicted molar refractivity (Wildman–Crippen MR) is 89.3 cm³/mol. The van der Waals surface area contributed by atoms with Crippen molar-refractivity contribution in [3.63, 3.8) is 0 Å². The first-order valence-electron chi connectivity index (χ1n) is 8.38. The number of aliphatic hydroxyl groups is 1. The van der Waals surface area contributed by atoms with Gasteiger partial charge in [-0.05, 0) is 29.4 Å². The summed E-state index contributed by atoms with van der Waals surface area (Å²) in [5.74, 6) is 0. The van der Waals surface area contributed by atoms with Gasteiger partial charge >= 0.3 is 0 Å². The Hall–Kier alpha value is -0.860. The Balaban J connectivity index is 2.22. The quantitative estimate of drug-likeness (QED) is 0.814. The monoisotopic (exact) mass is 289 g/mol. The minimum Gasteiger partial charge on any atom is -0.388 e. The minimum absolute atomic E-state index is 0.125. The molecular formula is C19H31NO. The van der Waals surface area contributed by atoms with Crippen LogP contribution in [0, 0.1) is 5.41 Å². The van der Waals surface area contributed by atoms with E-state index < -0.39 is 6.10 Å². The normalized spacial score (nSPS) is 20.8. The lowest BCUT2D eigenvalue weighted by atomic mass is 9.72. The third-order valence-electron chi connectivity index (χ3n) is 5.18.